The van der Waals surface area contributed by atoms with Gasteiger partial charge in [-0.3, -0.25) is 4.79 Å². The minimum Gasteiger partial charge on any atom is -0.318 e. The van der Waals surface area contributed by atoms with Crippen molar-refractivity contribution >= 4 is 23.5 Å². The van der Waals surface area contributed by atoms with Crippen LogP contribution in [0.4, 0.5) is 0 Å². The van der Waals surface area contributed by atoms with E-state index in [1.807, 2.05) is 67.1 Å². The standard InChI is InChI=1S/C18H17N3OS/c1-13-10-17(14(2)21(13)16-6-4-3-5-7-16)18(22)20-19-11-15-8-9-23-12-15/h3-12H,1-2H3,(H,20,22)/b19-11+. The van der Waals surface area contributed by atoms with Crippen molar-refractivity contribution in [3.8, 4) is 5.69 Å². The molecule has 116 valence electrons. The van der Waals surface area contributed by atoms with Crippen molar-refractivity contribution in [2.45, 2.75) is 13.8 Å². The predicted molar refractivity (Wildman–Crippen MR) is 94.6 cm³/mol. The summed E-state index contributed by atoms with van der Waals surface area (Å²) in [5, 5.41) is 7.95. The van der Waals surface area contributed by atoms with Crippen molar-refractivity contribution in [1.29, 1.82) is 0 Å². The normalized spacial score (nSPS) is 11.0. The number of carbonyl (C=O) groups excluding carboxylic acids is 1. The van der Waals surface area contributed by atoms with Crippen LogP contribution in [0.25, 0.3) is 5.69 Å². The molecule has 3 aromatic rings. The fourth-order valence-corrected chi connectivity index (χ4v) is 3.15. The molecule has 0 aliphatic rings. The van der Waals surface area contributed by atoms with E-state index in [-0.39, 0.29) is 5.91 Å². The molecule has 4 nitrogen and oxygen atoms in total. The Labute approximate surface area is 139 Å². The van der Waals surface area contributed by atoms with E-state index in [0.29, 0.717) is 5.56 Å². The van der Waals surface area contributed by atoms with Gasteiger partial charge in [0.15, 0.2) is 0 Å². The van der Waals surface area contributed by atoms with Crippen LogP contribution in [0, 0.1) is 13.8 Å². The van der Waals surface area contributed by atoms with Crippen LogP contribution in [0.2, 0.25) is 0 Å². The predicted octanol–water partition coefficient (Wildman–Crippen LogP) is 3.92. The Bertz CT molecular complexity index is 833. The van der Waals surface area contributed by atoms with Crippen molar-refractivity contribution in [1.82, 2.24) is 9.99 Å². The zero-order chi connectivity index (χ0) is 16.2. The summed E-state index contributed by atoms with van der Waals surface area (Å²) in [6.07, 6.45) is 1.64. The maximum atomic E-state index is 12.4. The minimum atomic E-state index is -0.202. The van der Waals surface area contributed by atoms with E-state index >= 15 is 0 Å². The summed E-state index contributed by atoms with van der Waals surface area (Å²) in [6.45, 7) is 3.93. The van der Waals surface area contributed by atoms with Gasteiger partial charge in [-0.2, -0.15) is 16.4 Å². The number of para-hydroxylation sites is 1. The van der Waals surface area contributed by atoms with E-state index in [9.17, 15) is 4.79 Å². The molecule has 5 heteroatoms. The Morgan fingerprint density at radius 1 is 1.22 bits per heavy atom. The van der Waals surface area contributed by atoms with Gasteiger partial charge in [0.05, 0.1) is 11.8 Å². The van der Waals surface area contributed by atoms with Crippen LogP contribution in [0.1, 0.15) is 27.3 Å². The summed E-state index contributed by atoms with van der Waals surface area (Å²) >= 11 is 1.59. The second-order valence-electron chi connectivity index (χ2n) is 5.21. The molecule has 0 bridgehead atoms. The van der Waals surface area contributed by atoms with Crippen molar-refractivity contribution in [3.63, 3.8) is 0 Å². The number of rotatable bonds is 4. The summed E-state index contributed by atoms with van der Waals surface area (Å²) in [6, 6.07) is 13.8. The SMILES string of the molecule is Cc1cc(C(=O)N/N=C/c2ccsc2)c(C)n1-c1ccccc1. The lowest BCUT2D eigenvalue weighted by molar-refractivity contribution is 0.0954. The first-order valence-electron chi connectivity index (χ1n) is 7.27. The number of nitrogens with zero attached hydrogens (tertiary/aromatic N) is 2. The van der Waals surface area contributed by atoms with Crippen LogP contribution < -0.4 is 5.43 Å². The van der Waals surface area contributed by atoms with Crippen LogP contribution in [-0.4, -0.2) is 16.7 Å². The van der Waals surface area contributed by atoms with Gasteiger partial charge < -0.3 is 4.57 Å². The number of nitrogens with one attached hydrogen (secondary N) is 1. The molecular formula is C18H17N3OS. The highest BCUT2D eigenvalue weighted by atomic mass is 32.1. The second-order valence-corrected chi connectivity index (χ2v) is 5.99. The summed E-state index contributed by atoms with van der Waals surface area (Å²) < 4.78 is 2.07. The lowest BCUT2D eigenvalue weighted by Crippen LogP contribution is -2.18. The largest absolute Gasteiger partial charge is 0.318 e. The summed E-state index contributed by atoms with van der Waals surface area (Å²) in [5.74, 6) is -0.202. The number of thiophene rings is 1. The number of aromatic nitrogens is 1. The molecule has 0 spiro atoms. The van der Waals surface area contributed by atoms with E-state index in [1.54, 1.807) is 17.6 Å². The van der Waals surface area contributed by atoms with Crippen LogP contribution in [-0.2, 0) is 0 Å². The second kappa shape index (κ2) is 6.62. The van der Waals surface area contributed by atoms with Gasteiger partial charge in [0.2, 0.25) is 0 Å². The molecule has 2 heterocycles. The molecule has 0 aliphatic carbocycles. The van der Waals surface area contributed by atoms with E-state index in [1.165, 1.54) is 0 Å². The summed E-state index contributed by atoms with van der Waals surface area (Å²) in [4.78, 5) is 12.4. The molecule has 3 rings (SSSR count). The van der Waals surface area contributed by atoms with Crippen molar-refractivity contribution < 1.29 is 4.79 Å². The molecule has 1 N–H and O–H groups in total. The van der Waals surface area contributed by atoms with Gasteiger partial charge >= 0.3 is 0 Å². The quantitative estimate of drug-likeness (QED) is 0.574. The maximum absolute atomic E-state index is 12.4. The highest BCUT2D eigenvalue weighted by Crippen LogP contribution is 2.20. The summed E-state index contributed by atoms with van der Waals surface area (Å²) in [5.41, 5.74) is 7.16. The molecule has 0 radical (unpaired) electrons. The zero-order valence-corrected chi connectivity index (χ0v) is 13.8. The monoisotopic (exact) mass is 323 g/mol. The van der Waals surface area contributed by atoms with Crippen LogP contribution in [0.3, 0.4) is 0 Å². The molecule has 1 aromatic carbocycles. The molecule has 0 fully saturated rings. The van der Waals surface area contributed by atoms with Gasteiger partial charge in [0.25, 0.3) is 5.91 Å². The highest BCUT2D eigenvalue weighted by Gasteiger charge is 2.16. The lowest BCUT2D eigenvalue weighted by atomic mass is 10.2. The summed E-state index contributed by atoms with van der Waals surface area (Å²) in [7, 11) is 0. The first-order valence-corrected chi connectivity index (χ1v) is 8.21. The molecule has 2 aromatic heterocycles. The average molecular weight is 323 g/mol. The topological polar surface area (TPSA) is 46.4 Å². The molecule has 0 unspecified atom stereocenters. The molecule has 1 amide bonds. The Morgan fingerprint density at radius 3 is 2.70 bits per heavy atom. The third-order valence-corrected chi connectivity index (χ3v) is 4.31. The number of hydrogen-bond donors (Lipinski definition) is 1. The maximum Gasteiger partial charge on any atom is 0.273 e. The number of benzene rings is 1. The van der Waals surface area contributed by atoms with Gasteiger partial charge in [-0.15, -0.1) is 0 Å². The number of amides is 1. The molecule has 0 saturated heterocycles. The third kappa shape index (κ3) is 3.24. The zero-order valence-electron chi connectivity index (χ0n) is 13.0. The molecular weight excluding hydrogens is 306 g/mol. The van der Waals surface area contributed by atoms with Gasteiger partial charge in [-0.1, -0.05) is 18.2 Å². The molecule has 0 atom stereocenters. The number of carbonyl (C=O) groups is 1. The fraction of sp³-hybridized carbons (Fsp3) is 0.111. The Hall–Kier alpha value is -2.66. The van der Waals surface area contributed by atoms with Crippen molar-refractivity contribution in [3.05, 3.63) is 75.7 Å². The van der Waals surface area contributed by atoms with E-state index in [0.717, 1.165) is 22.6 Å². The molecule has 0 aliphatic heterocycles. The Kier molecular flexibility index (Phi) is 4.39. The minimum absolute atomic E-state index is 0.202. The molecule has 0 saturated carbocycles. The Balaban J connectivity index is 1.82. The average Bonchev–Trinajstić information content (AvgIpc) is 3.16. The number of hydrazone groups is 1. The van der Waals surface area contributed by atoms with E-state index in [4.69, 9.17) is 0 Å². The van der Waals surface area contributed by atoms with Crippen LogP contribution in [0.15, 0.2) is 58.3 Å². The van der Waals surface area contributed by atoms with Crippen LogP contribution in [0.5, 0.6) is 0 Å². The number of hydrogen-bond acceptors (Lipinski definition) is 3. The van der Waals surface area contributed by atoms with E-state index in [2.05, 4.69) is 15.1 Å². The lowest BCUT2D eigenvalue weighted by Gasteiger charge is -2.09. The fourth-order valence-electron chi connectivity index (χ4n) is 2.54. The van der Waals surface area contributed by atoms with Crippen molar-refractivity contribution in [2.75, 3.05) is 0 Å². The van der Waals surface area contributed by atoms with Crippen molar-refractivity contribution in [2.24, 2.45) is 5.10 Å². The Morgan fingerprint density at radius 2 is 2.00 bits per heavy atom. The van der Waals surface area contributed by atoms with Gasteiger partial charge in [0.1, 0.15) is 0 Å². The highest BCUT2D eigenvalue weighted by molar-refractivity contribution is 7.08. The third-order valence-electron chi connectivity index (χ3n) is 3.61. The van der Waals surface area contributed by atoms with Gasteiger partial charge in [0, 0.05) is 22.6 Å². The van der Waals surface area contributed by atoms with Gasteiger partial charge in [-0.25, -0.2) is 5.43 Å². The molecule has 23 heavy (non-hydrogen) atoms. The first-order chi connectivity index (χ1) is 11.2. The number of aryl methyl sites for hydroxylation is 1. The first kappa shape index (κ1) is 15.2. The van der Waals surface area contributed by atoms with E-state index < -0.39 is 0 Å². The smallest absolute Gasteiger partial charge is 0.273 e. The van der Waals surface area contributed by atoms with Gasteiger partial charge in [-0.05, 0) is 48.9 Å². The van der Waals surface area contributed by atoms with Crippen LogP contribution >= 0.6 is 11.3 Å².